The van der Waals surface area contributed by atoms with Crippen molar-refractivity contribution in [3.8, 4) is 5.69 Å². The van der Waals surface area contributed by atoms with Crippen molar-refractivity contribution in [2.45, 2.75) is 0 Å². The van der Waals surface area contributed by atoms with Crippen molar-refractivity contribution in [3.63, 3.8) is 0 Å². The Bertz CT molecular complexity index is 1430. The second-order valence-corrected chi connectivity index (χ2v) is 7.33. The maximum absolute atomic E-state index is 14.1. The quantitative estimate of drug-likeness (QED) is 0.342. The molecule has 4 aromatic rings. The van der Waals surface area contributed by atoms with Crippen molar-refractivity contribution < 1.29 is 23.6 Å². The van der Waals surface area contributed by atoms with Crippen molar-refractivity contribution >= 4 is 44.6 Å². The molecule has 2 aromatic heterocycles. The van der Waals surface area contributed by atoms with Crippen LogP contribution in [-0.2, 0) is 0 Å². The van der Waals surface area contributed by atoms with Gasteiger partial charge in [-0.3, -0.25) is 19.5 Å². The normalized spacial score (nSPS) is 10.9. The Labute approximate surface area is 175 Å². The molecule has 2 N–H and O–H groups in total. The number of thiophene rings is 1. The molecule has 0 radical (unpaired) electrons. The fourth-order valence-corrected chi connectivity index (χ4v) is 4.22. The van der Waals surface area contributed by atoms with E-state index in [1.807, 2.05) is 0 Å². The number of nitrogens with zero attached hydrogens (tertiary/aromatic N) is 2. The van der Waals surface area contributed by atoms with Gasteiger partial charge in [-0.15, -0.1) is 11.3 Å². The van der Waals surface area contributed by atoms with Crippen molar-refractivity contribution in [1.29, 1.82) is 0 Å². The number of pyridine rings is 1. The molecule has 0 saturated heterocycles. The Balaban J connectivity index is 2.01. The summed E-state index contributed by atoms with van der Waals surface area (Å²) in [6, 6.07) is 10.8. The molecule has 4 rings (SSSR count). The standard InChI is InChI=1S/C20H11F2N3O5S/c21-10-5-7-13(12(22)9-10)23-17-11-6-8-16(26)24(19(11)31-18(17)20(27)28)14-3-1-2-4-15(14)25(29)30/h1-9,23H,(H,27,28). The van der Waals surface area contributed by atoms with Crippen LogP contribution in [0.25, 0.3) is 15.9 Å². The van der Waals surface area contributed by atoms with Gasteiger partial charge in [-0.1, -0.05) is 12.1 Å². The molecule has 0 aliphatic carbocycles. The van der Waals surface area contributed by atoms with Crippen LogP contribution in [0.15, 0.2) is 59.4 Å². The van der Waals surface area contributed by atoms with Crippen LogP contribution in [-0.4, -0.2) is 20.6 Å². The average Bonchev–Trinajstić information content (AvgIpc) is 3.08. The summed E-state index contributed by atoms with van der Waals surface area (Å²) in [6.45, 7) is 0. The van der Waals surface area contributed by atoms with E-state index in [0.29, 0.717) is 17.4 Å². The van der Waals surface area contributed by atoms with E-state index in [1.165, 1.54) is 30.3 Å². The molecule has 0 amide bonds. The highest BCUT2D eigenvalue weighted by Crippen LogP contribution is 2.39. The Morgan fingerprint density at radius 2 is 1.87 bits per heavy atom. The minimum Gasteiger partial charge on any atom is -0.477 e. The topological polar surface area (TPSA) is 114 Å². The number of aromatic carboxylic acids is 1. The molecule has 0 unspecified atom stereocenters. The predicted molar refractivity (Wildman–Crippen MR) is 111 cm³/mol. The molecule has 0 spiro atoms. The van der Waals surface area contributed by atoms with E-state index in [9.17, 15) is 33.6 Å². The molecule has 2 heterocycles. The molecule has 31 heavy (non-hydrogen) atoms. The second kappa shape index (κ2) is 7.61. The van der Waals surface area contributed by atoms with Gasteiger partial charge in [0.05, 0.1) is 16.3 Å². The van der Waals surface area contributed by atoms with Crippen LogP contribution in [0.1, 0.15) is 9.67 Å². The molecule has 0 atom stereocenters. The number of aromatic nitrogens is 1. The number of carbonyl (C=O) groups is 1. The number of nitrogens with one attached hydrogen (secondary N) is 1. The maximum Gasteiger partial charge on any atom is 0.348 e. The van der Waals surface area contributed by atoms with Crippen LogP contribution < -0.4 is 10.9 Å². The Hall–Kier alpha value is -4.12. The number of para-hydroxylation sites is 2. The van der Waals surface area contributed by atoms with E-state index in [4.69, 9.17) is 0 Å². The Morgan fingerprint density at radius 3 is 2.55 bits per heavy atom. The number of benzene rings is 2. The first-order chi connectivity index (χ1) is 14.8. The third kappa shape index (κ3) is 3.51. The zero-order valence-corrected chi connectivity index (χ0v) is 16.2. The van der Waals surface area contributed by atoms with Gasteiger partial charge < -0.3 is 10.4 Å². The highest BCUT2D eigenvalue weighted by molar-refractivity contribution is 7.21. The molecule has 2 aromatic carbocycles. The third-order valence-electron chi connectivity index (χ3n) is 4.45. The summed E-state index contributed by atoms with van der Waals surface area (Å²) in [5.74, 6) is -3.10. The second-order valence-electron chi connectivity index (χ2n) is 6.33. The van der Waals surface area contributed by atoms with Gasteiger partial charge in [0.15, 0.2) is 0 Å². The van der Waals surface area contributed by atoms with Crippen LogP contribution >= 0.6 is 11.3 Å². The lowest BCUT2D eigenvalue weighted by Crippen LogP contribution is -2.17. The molecule has 8 nitrogen and oxygen atoms in total. The summed E-state index contributed by atoms with van der Waals surface area (Å²) in [5, 5.41) is 24.0. The van der Waals surface area contributed by atoms with E-state index >= 15 is 0 Å². The number of rotatable bonds is 5. The monoisotopic (exact) mass is 443 g/mol. The predicted octanol–water partition coefficient (Wildman–Crippen LogP) is 4.68. The fourth-order valence-electron chi connectivity index (χ4n) is 3.12. The summed E-state index contributed by atoms with van der Waals surface area (Å²) in [5.41, 5.74) is -1.20. The van der Waals surface area contributed by atoms with E-state index in [-0.39, 0.29) is 37.8 Å². The zero-order valence-electron chi connectivity index (χ0n) is 15.3. The smallest absolute Gasteiger partial charge is 0.348 e. The number of hydrogen-bond acceptors (Lipinski definition) is 6. The van der Waals surface area contributed by atoms with Crippen LogP contribution in [0.4, 0.5) is 25.8 Å². The summed E-state index contributed by atoms with van der Waals surface area (Å²) < 4.78 is 28.4. The first-order valence-corrected chi connectivity index (χ1v) is 9.47. The number of carboxylic acid groups (broad SMARTS) is 1. The van der Waals surface area contributed by atoms with Gasteiger partial charge in [0, 0.05) is 23.6 Å². The number of anilines is 2. The van der Waals surface area contributed by atoms with E-state index in [0.717, 1.165) is 22.8 Å². The maximum atomic E-state index is 14.1. The molecule has 0 bridgehead atoms. The molecular formula is C20H11F2N3O5S. The molecule has 0 aliphatic heterocycles. The molecule has 0 saturated carbocycles. The molecule has 11 heteroatoms. The van der Waals surface area contributed by atoms with Crippen LogP contribution in [0.5, 0.6) is 0 Å². The van der Waals surface area contributed by atoms with E-state index in [1.54, 1.807) is 0 Å². The summed E-state index contributed by atoms with van der Waals surface area (Å²) >= 11 is 0.698. The lowest BCUT2D eigenvalue weighted by atomic mass is 10.2. The molecular weight excluding hydrogens is 432 g/mol. The largest absolute Gasteiger partial charge is 0.477 e. The number of hydrogen-bond donors (Lipinski definition) is 2. The van der Waals surface area contributed by atoms with Gasteiger partial charge in [-0.25, -0.2) is 13.6 Å². The van der Waals surface area contributed by atoms with Crippen LogP contribution in [0, 0.1) is 21.7 Å². The summed E-state index contributed by atoms with van der Waals surface area (Å²) in [6.07, 6.45) is 0. The summed E-state index contributed by atoms with van der Waals surface area (Å²) in [7, 11) is 0. The summed E-state index contributed by atoms with van der Waals surface area (Å²) in [4.78, 5) is 35.1. The lowest BCUT2D eigenvalue weighted by Gasteiger charge is -2.10. The SMILES string of the molecule is O=C(O)c1sc2c(ccc(=O)n2-c2ccccc2[N+](=O)[O-])c1Nc1ccc(F)cc1F. The highest BCUT2D eigenvalue weighted by atomic mass is 32.1. The molecule has 0 fully saturated rings. The minimum atomic E-state index is -1.35. The average molecular weight is 443 g/mol. The number of nitro benzene ring substituents is 1. The van der Waals surface area contributed by atoms with E-state index < -0.39 is 28.1 Å². The van der Waals surface area contributed by atoms with Crippen molar-refractivity contribution in [2.24, 2.45) is 0 Å². The first-order valence-electron chi connectivity index (χ1n) is 8.65. The number of nitro groups is 1. The van der Waals surface area contributed by atoms with Crippen molar-refractivity contribution in [2.75, 3.05) is 5.32 Å². The number of halogens is 2. The third-order valence-corrected chi connectivity index (χ3v) is 5.62. The Morgan fingerprint density at radius 1 is 1.13 bits per heavy atom. The van der Waals surface area contributed by atoms with E-state index in [2.05, 4.69) is 5.32 Å². The number of carboxylic acids is 1. The van der Waals surface area contributed by atoms with Gasteiger partial charge in [0.2, 0.25) is 0 Å². The molecule has 0 aliphatic rings. The van der Waals surface area contributed by atoms with Gasteiger partial charge >= 0.3 is 5.97 Å². The van der Waals surface area contributed by atoms with Crippen LogP contribution in [0.3, 0.4) is 0 Å². The fraction of sp³-hybridized carbons (Fsp3) is 0. The van der Waals surface area contributed by atoms with Gasteiger partial charge in [-0.2, -0.15) is 0 Å². The van der Waals surface area contributed by atoms with Gasteiger partial charge in [-0.05, 0) is 24.3 Å². The first kappa shape index (κ1) is 20.2. The van der Waals surface area contributed by atoms with Crippen LogP contribution in [0.2, 0.25) is 0 Å². The van der Waals surface area contributed by atoms with Crippen molar-refractivity contribution in [1.82, 2.24) is 4.57 Å². The Kier molecular flexibility index (Phi) is 4.95. The highest BCUT2D eigenvalue weighted by Gasteiger charge is 2.24. The van der Waals surface area contributed by atoms with Crippen molar-refractivity contribution in [3.05, 3.63) is 91.6 Å². The zero-order chi connectivity index (χ0) is 22.3. The number of fused-ring (bicyclic) bond motifs is 1. The molecule has 156 valence electrons. The van der Waals surface area contributed by atoms with Gasteiger partial charge in [0.1, 0.15) is 27.0 Å². The minimum absolute atomic E-state index is 0.0228. The lowest BCUT2D eigenvalue weighted by molar-refractivity contribution is -0.384. The van der Waals surface area contributed by atoms with Gasteiger partial charge in [0.25, 0.3) is 11.2 Å².